The molecule has 0 saturated carbocycles. The second-order valence-electron chi connectivity index (χ2n) is 4.03. The van der Waals surface area contributed by atoms with Crippen LogP contribution in [0.5, 0.6) is 0 Å². The molecule has 2 aromatic rings. The van der Waals surface area contributed by atoms with Crippen LogP contribution in [0.25, 0.3) is 0 Å². The highest BCUT2D eigenvalue weighted by Gasteiger charge is 2.20. The third-order valence-corrected chi connectivity index (χ3v) is 5.14. The van der Waals surface area contributed by atoms with Crippen molar-refractivity contribution >= 4 is 26.0 Å². The molecule has 0 unspecified atom stereocenters. The summed E-state index contributed by atoms with van der Waals surface area (Å²) in [5, 5.41) is 0. The zero-order valence-electron chi connectivity index (χ0n) is 10.2. The lowest BCUT2D eigenvalue weighted by Gasteiger charge is -2.14. The number of nitrogens with one attached hydrogen (secondary N) is 1. The monoisotopic (exact) mass is 340 g/mol. The van der Waals surface area contributed by atoms with Crippen molar-refractivity contribution in [2.24, 2.45) is 0 Å². The molecular formula is C13H13BrN2O2S. The van der Waals surface area contributed by atoms with E-state index in [1.807, 2.05) is 6.07 Å². The van der Waals surface area contributed by atoms with E-state index in [4.69, 9.17) is 0 Å². The molecule has 0 fully saturated rings. The lowest BCUT2D eigenvalue weighted by molar-refractivity contribution is 0.563. The van der Waals surface area contributed by atoms with Gasteiger partial charge in [0.2, 0.25) is 10.0 Å². The molecule has 0 amide bonds. The maximum atomic E-state index is 12.3. The van der Waals surface area contributed by atoms with E-state index in [0.717, 1.165) is 0 Å². The molecule has 100 valence electrons. The predicted molar refractivity (Wildman–Crippen MR) is 77.1 cm³/mol. The number of sulfonamides is 1. The second-order valence-corrected chi connectivity index (χ2v) is 6.56. The molecule has 0 radical (unpaired) electrons. The quantitative estimate of drug-likeness (QED) is 0.930. The molecule has 1 atom stereocenters. The minimum atomic E-state index is -3.58. The Kier molecular flexibility index (Phi) is 4.34. The van der Waals surface area contributed by atoms with E-state index in [9.17, 15) is 8.42 Å². The number of hydrogen-bond acceptors (Lipinski definition) is 3. The van der Waals surface area contributed by atoms with Gasteiger partial charge in [-0.15, -0.1) is 0 Å². The number of rotatable bonds is 4. The Morgan fingerprint density at radius 1 is 1.16 bits per heavy atom. The van der Waals surface area contributed by atoms with Crippen molar-refractivity contribution in [2.75, 3.05) is 0 Å². The Morgan fingerprint density at radius 2 is 1.84 bits per heavy atom. The third kappa shape index (κ3) is 3.40. The summed E-state index contributed by atoms with van der Waals surface area (Å²) >= 11 is 3.24. The number of pyridine rings is 1. The molecule has 0 aliphatic heterocycles. The summed E-state index contributed by atoms with van der Waals surface area (Å²) in [6.07, 6.45) is 1.64. The van der Waals surface area contributed by atoms with Gasteiger partial charge in [-0.25, -0.2) is 13.1 Å². The first-order valence-corrected chi connectivity index (χ1v) is 7.96. The van der Waals surface area contributed by atoms with Gasteiger partial charge in [-0.05, 0) is 47.1 Å². The summed E-state index contributed by atoms with van der Waals surface area (Å²) in [5.41, 5.74) is 0.679. The number of hydrogen-bond donors (Lipinski definition) is 1. The van der Waals surface area contributed by atoms with E-state index in [0.29, 0.717) is 10.2 Å². The van der Waals surface area contributed by atoms with Gasteiger partial charge in [-0.2, -0.15) is 0 Å². The van der Waals surface area contributed by atoms with Crippen LogP contribution in [-0.4, -0.2) is 13.4 Å². The van der Waals surface area contributed by atoms with Crippen LogP contribution in [0.1, 0.15) is 18.7 Å². The number of benzene rings is 1. The average molecular weight is 341 g/mol. The van der Waals surface area contributed by atoms with Crippen LogP contribution in [-0.2, 0) is 10.0 Å². The minimum Gasteiger partial charge on any atom is -0.260 e. The lowest BCUT2D eigenvalue weighted by Crippen LogP contribution is -2.27. The van der Waals surface area contributed by atoms with Gasteiger partial charge in [0, 0.05) is 10.7 Å². The molecule has 0 saturated heterocycles. The lowest BCUT2D eigenvalue weighted by atomic mass is 10.2. The molecule has 0 bridgehead atoms. The standard InChI is InChI=1S/C13H13BrN2O2S/c1-10(12-7-4-5-9-15-12)16-19(17,18)13-8-3-2-6-11(13)14/h2-10,16H,1H3/t10-/m1/s1. The van der Waals surface area contributed by atoms with Crippen molar-refractivity contribution in [2.45, 2.75) is 17.9 Å². The van der Waals surface area contributed by atoms with E-state index in [1.54, 1.807) is 49.5 Å². The first-order chi connectivity index (χ1) is 9.00. The molecule has 6 heteroatoms. The Bertz CT molecular complexity index is 659. The highest BCUT2D eigenvalue weighted by molar-refractivity contribution is 9.10. The first-order valence-electron chi connectivity index (χ1n) is 5.68. The minimum absolute atomic E-state index is 0.220. The molecule has 1 aromatic heterocycles. The molecule has 0 aliphatic rings. The van der Waals surface area contributed by atoms with Crippen LogP contribution in [0, 0.1) is 0 Å². The van der Waals surface area contributed by atoms with E-state index in [1.165, 1.54) is 0 Å². The van der Waals surface area contributed by atoms with Crippen molar-refractivity contribution in [1.82, 2.24) is 9.71 Å². The molecule has 1 N–H and O–H groups in total. The Balaban J connectivity index is 2.26. The van der Waals surface area contributed by atoms with E-state index in [-0.39, 0.29) is 4.90 Å². The zero-order chi connectivity index (χ0) is 13.9. The summed E-state index contributed by atoms with van der Waals surface area (Å²) in [7, 11) is -3.58. The van der Waals surface area contributed by atoms with E-state index >= 15 is 0 Å². The summed E-state index contributed by atoms with van der Waals surface area (Å²) < 4.78 is 27.7. The van der Waals surface area contributed by atoms with Crippen LogP contribution < -0.4 is 4.72 Å². The van der Waals surface area contributed by atoms with Gasteiger partial charge < -0.3 is 0 Å². The topological polar surface area (TPSA) is 59.1 Å². The van der Waals surface area contributed by atoms with Crippen molar-refractivity contribution in [1.29, 1.82) is 0 Å². The zero-order valence-corrected chi connectivity index (χ0v) is 12.6. The molecule has 0 spiro atoms. The smallest absolute Gasteiger partial charge is 0.242 e. The molecule has 4 nitrogen and oxygen atoms in total. The van der Waals surface area contributed by atoms with Crippen molar-refractivity contribution in [3.05, 3.63) is 58.8 Å². The Labute approximate surface area is 121 Å². The number of nitrogens with zero attached hydrogens (tertiary/aromatic N) is 1. The first kappa shape index (κ1) is 14.2. The molecule has 2 rings (SSSR count). The van der Waals surface area contributed by atoms with E-state index < -0.39 is 16.1 Å². The molecule has 1 heterocycles. The number of halogens is 1. The highest BCUT2D eigenvalue weighted by Crippen LogP contribution is 2.22. The fraction of sp³-hybridized carbons (Fsp3) is 0.154. The largest absolute Gasteiger partial charge is 0.260 e. The summed E-state index contributed by atoms with van der Waals surface area (Å²) in [6.45, 7) is 1.76. The van der Waals surface area contributed by atoms with Crippen molar-refractivity contribution in [3.8, 4) is 0 Å². The third-order valence-electron chi connectivity index (χ3n) is 2.59. The van der Waals surface area contributed by atoms with Crippen LogP contribution in [0.2, 0.25) is 0 Å². The van der Waals surface area contributed by atoms with Gasteiger partial charge in [-0.3, -0.25) is 4.98 Å². The Morgan fingerprint density at radius 3 is 2.47 bits per heavy atom. The normalized spacial score (nSPS) is 13.2. The maximum absolute atomic E-state index is 12.3. The SMILES string of the molecule is C[C@@H](NS(=O)(=O)c1ccccc1Br)c1ccccn1. The van der Waals surface area contributed by atoms with Gasteiger partial charge in [0.15, 0.2) is 0 Å². The Hall–Kier alpha value is -1.24. The summed E-state index contributed by atoms with van der Waals surface area (Å²) in [5.74, 6) is 0. The van der Waals surface area contributed by atoms with E-state index in [2.05, 4.69) is 25.6 Å². The van der Waals surface area contributed by atoms with Crippen LogP contribution in [0.3, 0.4) is 0 Å². The van der Waals surface area contributed by atoms with Gasteiger partial charge in [-0.1, -0.05) is 18.2 Å². The summed E-state index contributed by atoms with van der Waals surface area (Å²) in [4.78, 5) is 4.36. The fourth-order valence-electron chi connectivity index (χ4n) is 1.65. The number of aromatic nitrogens is 1. The highest BCUT2D eigenvalue weighted by atomic mass is 79.9. The van der Waals surface area contributed by atoms with Crippen LogP contribution in [0.4, 0.5) is 0 Å². The predicted octanol–water partition coefficient (Wildman–Crippen LogP) is 2.88. The summed E-state index contributed by atoms with van der Waals surface area (Å²) in [6, 6.07) is 11.7. The van der Waals surface area contributed by atoms with Crippen LogP contribution >= 0.6 is 15.9 Å². The van der Waals surface area contributed by atoms with Gasteiger partial charge >= 0.3 is 0 Å². The average Bonchev–Trinajstić information content (AvgIpc) is 2.39. The van der Waals surface area contributed by atoms with Crippen molar-refractivity contribution < 1.29 is 8.42 Å². The maximum Gasteiger partial charge on any atom is 0.242 e. The second kappa shape index (κ2) is 5.81. The van der Waals surface area contributed by atoms with Gasteiger partial charge in [0.1, 0.15) is 0 Å². The molecule has 0 aliphatic carbocycles. The molecule has 19 heavy (non-hydrogen) atoms. The van der Waals surface area contributed by atoms with Crippen LogP contribution in [0.15, 0.2) is 58.0 Å². The van der Waals surface area contributed by atoms with Gasteiger partial charge in [0.25, 0.3) is 0 Å². The fourth-order valence-corrected chi connectivity index (χ4v) is 3.87. The van der Waals surface area contributed by atoms with Crippen molar-refractivity contribution in [3.63, 3.8) is 0 Å². The molecular weight excluding hydrogens is 328 g/mol. The van der Waals surface area contributed by atoms with Gasteiger partial charge in [0.05, 0.1) is 16.6 Å². The molecule has 1 aromatic carbocycles.